The average molecular weight is 304 g/mol. The Morgan fingerprint density at radius 3 is 2.71 bits per heavy atom. The van der Waals surface area contributed by atoms with Crippen LogP contribution in [0.25, 0.3) is 0 Å². The Bertz CT molecular complexity index is 640. The number of aryl methyl sites for hydroxylation is 2. The van der Waals surface area contributed by atoms with Crippen LogP contribution in [0.3, 0.4) is 0 Å². The van der Waals surface area contributed by atoms with Gasteiger partial charge in [0, 0.05) is 12.5 Å². The zero-order valence-electron chi connectivity index (χ0n) is 12.2. The molecule has 2 rings (SSSR count). The second kappa shape index (κ2) is 7.14. The second-order valence-corrected chi connectivity index (χ2v) is 5.29. The van der Waals surface area contributed by atoms with Gasteiger partial charge in [0.25, 0.3) is 0 Å². The summed E-state index contributed by atoms with van der Waals surface area (Å²) in [6, 6.07) is 13.4. The summed E-state index contributed by atoms with van der Waals surface area (Å²) in [7, 11) is 1.58. The summed E-state index contributed by atoms with van der Waals surface area (Å²) in [5.41, 5.74) is 2.96. The molecule has 0 atom stereocenters. The van der Waals surface area contributed by atoms with Gasteiger partial charge in [0.1, 0.15) is 5.75 Å². The molecule has 4 heteroatoms. The van der Waals surface area contributed by atoms with Gasteiger partial charge >= 0.3 is 0 Å². The second-order valence-electron chi connectivity index (χ2n) is 4.88. The van der Waals surface area contributed by atoms with Crippen LogP contribution in [0.4, 0.5) is 5.69 Å². The number of nitrogens with one attached hydrogen (secondary N) is 1. The topological polar surface area (TPSA) is 38.3 Å². The molecule has 0 aliphatic heterocycles. The lowest BCUT2D eigenvalue weighted by Crippen LogP contribution is -2.12. The molecule has 0 radical (unpaired) electrons. The van der Waals surface area contributed by atoms with E-state index in [1.807, 2.05) is 25.1 Å². The molecular weight excluding hydrogens is 286 g/mol. The number of ether oxygens (including phenoxy) is 1. The van der Waals surface area contributed by atoms with Crippen LogP contribution >= 0.6 is 11.6 Å². The van der Waals surface area contributed by atoms with Crippen LogP contribution in [0.2, 0.25) is 5.02 Å². The van der Waals surface area contributed by atoms with Crippen molar-refractivity contribution in [1.82, 2.24) is 0 Å². The Morgan fingerprint density at radius 1 is 1.24 bits per heavy atom. The number of hydrogen-bond acceptors (Lipinski definition) is 2. The highest BCUT2D eigenvalue weighted by Crippen LogP contribution is 2.26. The zero-order valence-corrected chi connectivity index (χ0v) is 12.9. The van der Waals surface area contributed by atoms with E-state index in [1.165, 1.54) is 5.56 Å². The summed E-state index contributed by atoms with van der Waals surface area (Å²) < 4.78 is 5.07. The van der Waals surface area contributed by atoms with Crippen molar-refractivity contribution < 1.29 is 9.53 Å². The van der Waals surface area contributed by atoms with Gasteiger partial charge in [-0.25, -0.2) is 0 Å². The van der Waals surface area contributed by atoms with Crippen molar-refractivity contribution in [3.63, 3.8) is 0 Å². The first-order valence-electron chi connectivity index (χ1n) is 6.77. The number of benzene rings is 2. The fourth-order valence-electron chi connectivity index (χ4n) is 2.06. The van der Waals surface area contributed by atoms with Crippen LogP contribution < -0.4 is 10.1 Å². The van der Waals surface area contributed by atoms with E-state index < -0.39 is 0 Å². The van der Waals surface area contributed by atoms with Crippen LogP contribution in [-0.4, -0.2) is 13.0 Å². The summed E-state index contributed by atoms with van der Waals surface area (Å²) in [5, 5.41) is 3.29. The molecule has 3 nitrogen and oxygen atoms in total. The maximum absolute atomic E-state index is 12.0. The van der Waals surface area contributed by atoms with Crippen molar-refractivity contribution in [1.29, 1.82) is 0 Å². The molecule has 0 bridgehead atoms. The van der Waals surface area contributed by atoms with Gasteiger partial charge < -0.3 is 10.1 Å². The first-order chi connectivity index (χ1) is 10.1. The Hall–Kier alpha value is -2.00. The average Bonchev–Trinajstić information content (AvgIpc) is 2.47. The minimum Gasteiger partial charge on any atom is -0.497 e. The van der Waals surface area contributed by atoms with E-state index in [1.54, 1.807) is 25.3 Å². The third-order valence-corrected chi connectivity index (χ3v) is 3.49. The lowest BCUT2D eigenvalue weighted by molar-refractivity contribution is -0.116. The van der Waals surface area contributed by atoms with Gasteiger partial charge in [0.2, 0.25) is 5.91 Å². The molecule has 2 aromatic rings. The fourth-order valence-corrected chi connectivity index (χ4v) is 2.28. The molecule has 0 aliphatic carbocycles. The van der Waals surface area contributed by atoms with Crippen LogP contribution in [0.1, 0.15) is 17.5 Å². The molecule has 0 saturated heterocycles. The minimum absolute atomic E-state index is 0.0522. The van der Waals surface area contributed by atoms with Crippen LogP contribution in [-0.2, 0) is 11.2 Å². The Kier molecular flexibility index (Phi) is 5.23. The van der Waals surface area contributed by atoms with E-state index >= 15 is 0 Å². The molecule has 1 N–H and O–H groups in total. The van der Waals surface area contributed by atoms with Crippen LogP contribution in [0, 0.1) is 6.92 Å². The first-order valence-corrected chi connectivity index (χ1v) is 7.15. The van der Waals surface area contributed by atoms with E-state index in [2.05, 4.69) is 11.4 Å². The van der Waals surface area contributed by atoms with E-state index in [0.29, 0.717) is 29.3 Å². The molecule has 0 aliphatic rings. The smallest absolute Gasteiger partial charge is 0.224 e. The van der Waals surface area contributed by atoms with Crippen molar-refractivity contribution in [2.24, 2.45) is 0 Å². The number of methoxy groups -OCH3 is 1. The third-order valence-electron chi connectivity index (χ3n) is 3.17. The number of hydrogen-bond donors (Lipinski definition) is 1. The molecule has 21 heavy (non-hydrogen) atoms. The third kappa shape index (κ3) is 4.50. The first kappa shape index (κ1) is 15.4. The van der Waals surface area contributed by atoms with E-state index in [0.717, 1.165) is 5.56 Å². The Labute approximate surface area is 129 Å². The standard InChI is InChI=1S/C17H18ClNO2/c1-12-4-3-5-13(10-12)6-9-17(20)19-16-8-7-14(21-2)11-15(16)18/h3-5,7-8,10-11H,6,9H2,1-2H3,(H,19,20). The number of carbonyl (C=O) groups excluding carboxylic acids is 1. The number of rotatable bonds is 5. The molecule has 0 unspecified atom stereocenters. The molecule has 2 aromatic carbocycles. The Balaban J connectivity index is 1.93. The minimum atomic E-state index is -0.0522. The number of halogens is 1. The molecule has 0 spiro atoms. The normalized spacial score (nSPS) is 10.2. The van der Waals surface area contributed by atoms with E-state index in [-0.39, 0.29) is 5.91 Å². The highest BCUT2D eigenvalue weighted by Gasteiger charge is 2.07. The summed E-state index contributed by atoms with van der Waals surface area (Å²) in [4.78, 5) is 12.0. The lowest BCUT2D eigenvalue weighted by atomic mass is 10.1. The fraction of sp³-hybridized carbons (Fsp3) is 0.235. The quantitative estimate of drug-likeness (QED) is 0.897. The maximum Gasteiger partial charge on any atom is 0.224 e. The monoisotopic (exact) mass is 303 g/mol. The van der Waals surface area contributed by atoms with Crippen molar-refractivity contribution >= 4 is 23.2 Å². The highest BCUT2D eigenvalue weighted by atomic mass is 35.5. The molecular formula is C17H18ClNO2. The van der Waals surface area contributed by atoms with Crippen molar-refractivity contribution in [3.8, 4) is 5.75 Å². The molecule has 0 saturated carbocycles. The molecule has 0 heterocycles. The largest absolute Gasteiger partial charge is 0.497 e. The van der Waals surface area contributed by atoms with Crippen molar-refractivity contribution in [3.05, 3.63) is 58.6 Å². The van der Waals surface area contributed by atoms with Gasteiger partial charge in [-0.3, -0.25) is 4.79 Å². The summed E-state index contributed by atoms with van der Waals surface area (Å²) in [6.07, 6.45) is 1.13. The van der Waals surface area contributed by atoms with Gasteiger partial charge in [0.15, 0.2) is 0 Å². The van der Waals surface area contributed by atoms with E-state index in [4.69, 9.17) is 16.3 Å². The van der Waals surface area contributed by atoms with Gasteiger partial charge in [0.05, 0.1) is 17.8 Å². The Morgan fingerprint density at radius 2 is 2.05 bits per heavy atom. The van der Waals surface area contributed by atoms with Gasteiger partial charge in [-0.05, 0) is 31.0 Å². The summed E-state index contributed by atoms with van der Waals surface area (Å²) in [6.45, 7) is 2.04. The SMILES string of the molecule is COc1ccc(NC(=O)CCc2cccc(C)c2)c(Cl)c1. The number of anilines is 1. The predicted octanol–water partition coefficient (Wildman–Crippen LogP) is 4.23. The predicted molar refractivity (Wildman–Crippen MR) is 86.1 cm³/mol. The summed E-state index contributed by atoms with van der Waals surface area (Å²) >= 11 is 6.10. The van der Waals surface area contributed by atoms with Crippen LogP contribution in [0.5, 0.6) is 5.75 Å². The number of amides is 1. The lowest BCUT2D eigenvalue weighted by Gasteiger charge is -2.09. The van der Waals surface area contributed by atoms with Crippen LogP contribution in [0.15, 0.2) is 42.5 Å². The van der Waals surface area contributed by atoms with Gasteiger partial charge in [-0.2, -0.15) is 0 Å². The molecule has 0 aromatic heterocycles. The van der Waals surface area contributed by atoms with Gasteiger partial charge in [-0.1, -0.05) is 41.4 Å². The molecule has 0 fully saturated rings. The zero-order chi connectivity index (χ0) is 15.2. The highest BCUT2D eigenvalue weighted by molar-refractivity contribution is 6.33. The van der Waals surface area contributed by atoms with E-state index in [9.17, 15) is 4.79 Å². The summed E-state index contributed by atoms with van der Waals surface area (Å²) in [5.74, 6) is 0.612. The number of carbonyl (C=O) groups is 1. The van der Waals surface area contributed by atoms with Crippen molar-refractivity contribution in [2.45, 2.75) is 19.8 Å². The van der Waals surface area contributed by atoms with Gasteiger partial charge in [-0.15, -0.1) is 0 Å². The molecule has 110 valence electrons. The maximum atomic E-state index is 12.0. The van der Waals surface area contributed by atoms with Crippen molar-refractivity contribution in [2.75, 3.05) is 12.4 Å². The molecule has 1 amide bonds.